The van der Waals surface area contributed by atoms with Crippen molar-refractivity contribution in [1.29, 1.82) is 0 Å². The molecular formula is C35H38N6O6S. The highest BCUT2D eigenvalue weighted by Gasteiger charge is 2.29. The lowest BCUT2D eigenvalue weighted by Crippen LogP contribution is -2.49. The number of pyridine rings is 2. The maximum absolute atomic E-state index is 13.8. The molecule has 2 aromatic carbocycles. The summed E-state index contributed by atoms with van der Waals surface area (Å²) in [6.07, 6.45) is 8.66. The topological polar surface area (TPSA) is 176 Å². The number of hydrogen-bond donors (Lipinski definition) is 4. The van der Waals surface area contributed by atoms with Crippen molar-refractivity contribution in [2.24, 2.45) is 0 Å². The zero-order valence-corrected chi connectivity index (χ0v) is 27.9. The number of carbonyl (C=O) groups excluding carboxylic acids is 1. The van der Waals surface area contributed by atoms with Crippen molar-refractivity contribution < 1.29 is 23.1 Å². The van der Waals surface area contributed by atoms with Gasteiger partial charge in [0.1, 0.15) is 17.4 Å². The molecule has 12 nitrogen and oxygen atoms in total. The number of nitrogens with zero attached hydrogens (tertiary/aromatic N) is 3. The van der Waals surface area contributed by atoms with E-state index in [1.54, 1.807) is 44.4 Å². The van der Waals surface area contributed by atoms with Crippen molar-refractivity contribution in [1.82, 2.24) is 29.6 Å². The number of aromatic amines is 1. The van der Waals surface area contributed by atoms with Crippen molar-refractivity contribution in [3.8, 4) is 0 Å². The summed E-state index contributed by atoms with van der Waals surface area (Å²) < 4.78 is 30.8. The summed E-state index contributed by atoms with van der Waals surface area (Å²) in [5.41, 5.74) is 4.29. The predicted molar refractivity (Wildman–Crippen MR) is 182 cm³/mol. The van der Waals surface area contributed by atoms with Crippen LogP contribution < -0.4 is 15.5 Å². The van der Waals surface area contributed by atoms with Crippen LogP contribution in [0.2, 0.25) is 0 Å². The Morgan fingerprint density at radius 3 is 2.48 bits per heavy atom. The second-order valence-corrected chi connectivity index (χ2v) is 14.3. The van der Waals surface area contributed by atoms with E-state index in [1.165, 1.54) is 0 Å². The highest BCUT2D eigenvalue weighted by atomic mass is 32.2. The molecule has 1 fully saturated rings. The molecule has 5 aromatic rings. The molecule has 0 aliphatic heterocycles. The first kappa shape index (κ1) is 33.0. The summed E-state index contributed by atoms with van der Waals surface area (Å²) in [5.74, 6) is -1.51. The van der Waals surface area contributed by atoms with Gasteiger partial charge in [0.15, 0.2) is 5.65 Å². The minimum Gasteiger partial charge on any atom is -0.480 e. The second-order valence-electron chi connectivity index (χ2n) is 12.6. The van der Waals surface area contributed by atoms with Gasteiger partial charge in [0, 0.05) is 36.8 Å². The maximum Gasteiger partial charge on any atom is 0.323 e. The first-order valence-electron chi connectivity index (χ1n) is 16.0. The Morgan fingerprint density at radius 2 is 1.79 bits per heavy atom. The molecule has 0 bridgehead atoms. The van der Waals surface area contributed by atoms with Gasteiger partial charge in [-0.3, -0.25) is 14.4 Å². The number of aryl methyl sites for hydroxylation is 3. The van der Waals surface area contributed by atoms with E-state index in [4.69, 9.17) is 0 Å². The van der Waals surface area contributed by atoms with E-state index >= 15 is 0 Å². The molecule has 4 N–H and O–H groups in total. The highest BCUT2D eigenvalue weighted by Crippen LogP contribution is 2.31. The highest BCUT2D eigenvalue weighted by molar-refractivity contribution is 7.89. The summed E-state index contributed by atoms with van der Waals surface area (Å²) in [6.45, 7) is 4.56. The zero-order valence-electron chi connectivity index (χ0n) is 27.0. The molecule has 1 amide bonds. The van der Waals surface area contributed by atoms with Crippen molar-refractivity contribution in [2.45, 2.75) is 76.3 Å². The van der Waals surface area contributed by atoms with Gasteiger partial charge in [-0.1, -0.05) is 43.0 Å². The van der Waals surface area contributed by atoms with Crippen LogP contribution in [0, 0.1) is 20.8 Å². The number of H-pyrrole nitrogens is 1. The van der Waals surface area contributed by atoms with Gasteiger partial charge in [0.2, 0.25) is 15.5 Å². The minimum atomic E-state index is -4.25. The Labute approximate surface area is 277 Å². The number of rotatable bonds is 10. The lowest BCUT2D eigenvalue weighted by atomic mass is 9.94. The SMILES string of the molecule is Cc1cc(C)c(S(=O)(=O)NC(CNC(=O)c2cn(C3CCCCC3)c3cc(Cc4nc5ncccc5[nH]4)ccc3c2=O)C(=O)O)c(C)c1. The largest absolute Gasteiger partial charge is 0.480 e. The summed E-state index contributed by atoms with van der Waals surface area (Å²) in [5, 5.41) is 12.8. The summed E-state index contributed by atoms with van der Waals surface area (Å²) >= 11 is 0. The molecule has 1 unspecified atom stereocenters. The van der Waals surface area contributed by atoms with Gasteiger partial charge in [-0.2, -0.15) is 4.72 Å². The number of amides is 1. The molecule has 1 aliphatic rings. The number of imidazole rings is 1. The first-order valence-corrected chi connectivity index (χ1v) is 17.5. The number of carboxylic acid groups (broad SMARTS) is 1. The predicted octanol–water partition coefficient (Wildman–Crippen LogP) is 4.46. The van der Waals surface area contributed by atoms with Crippen molar-refractivity contribution in [3.05, 3.63) is 98.7 Å². The number of benzene rings is 2. The summed E-state index contributed by atoms with van der Waals surface area (Å²) in [6, 6.07) is 11.1. The lowest BCUT2D eigenvalue weighted by Gasteiger charge is -2.27. The number of fused-ring (bicyclic) bond motifs is 2. The second kappa shape index (κ2) is 13.3. The Hall–Kier alpha value is -4.88. The van der Waals surface area contributed by atoms with E-state index in [0.29, 0.717) is 34.1 Å². The molecule has 3 aromatic heterocycles. The van der Waals surface area contributed by atoms with Crippen LogP contribution in [0.15, 0.2) is 64.5 Å². The number of sulfonamides is 1. The number of carbonyl (C=O) groups is 2. The molecule has 0 saturated heterocycles. The van der Waals surface area contributed by atoms with E-state index in [-0.39, 0.29) is 16.5 Å². The standard InChI is InChI=1S/C35H38N6O6S/c1-20-14-21(2)32(22(3)15-20)48(46,47)40-28(35(44)45)18-37-34(43)26-19-41(24-8-5-4-6-9-24)29-16-23(11-12-25(29)31(26)42)17-30-38-27-10-7-13-36-33(27)39-30/h7,10-16,19,24,28,40H,4-6,8-9,17-18H2,1-3H3,(H,37,43)(H,44,45)(H,36,38,39). The Balaban J connectivity index is 1.29. The zero-order chi connectivity index (χ0) is 34.2. The number of aromatic nitrogens is 4. The van der Waals surface area contributed by atoms with Crippen LogP contribution >= 0.6 is 0 Å². The maximum atomic E-state index is 13.8. The Morgan fingerprint density at radius 1 is 1.06 bits per heavy atom. The fourth-order valence-electron chi connectivity index (χ4n) is 6.81. The number of aliphatic carboxylic acids is 1. The molecule has 48 heavy (non-hydrogen) atoms. The molecule has 13 heteroatoms. The molecule has 1 aliphatic carbocycles. The van der Waals surface area contributed by atoms with E-state index in [2.05, 4.69) is 25.0 Å². The average molecular weight is 671 g/mol. The van der Waals surface area contributed by atoms with E-state index < -0.39 is 39.9 Å². The van der Waals surface area contributed by atoms with Crippen LogP contribution in [0.25, 0.3) is 22.1 Å². The van der Waals surface area contributed by atoms with Crippen LogP contribution in [0.5, 0.6) is 0 Å². The lowest BCUT2D eigenvalue weighted by molar-refractivity contribution is -0.138. The fourth-order valence-corrected chi connectivity index (χ4v) is 8.45. The van der Waals surface area contributed by atoms with E-state index in [9.17, 15) is 27.9 Å². The average Bonchev–Trinajstić information content (AvgIpc) is 3.45. The van der Waals surface area contributed by atoms with Crippen LogP contribution in [0.3, 0.4) is 0 Å². The summed E-state index contributed by atoms with van der Waals surface area (Å²) in [4.78, 5) is 51.6. The first-order chi connectivity index (χ1) is 22.9. The normalized spacial score (nSPS) is 14.7. The van der Waals surface area contributed by atoms with Gasteiger partial charge in [-0.25, -0.2) is 18.4 Å². The van der Waals surface area contributed by atoms with Crippen LogP contribution in [-0.2, 0) is 21.2 Å². The summed E-state index contributed by atoms with van der Waals surface area (Å²) in [7, 11) is -4.25. The third-order valence-corrected chi connectivity index (χ3v) is 10.7. The molecule has 250 valence electrons. The van der Waals surface area contributed by atoms with Gasteiger partial charge in [-0.15, -0.1) is 0 Å². The van der Waals surface area contributed by atoms with Crippen molar-refractivity contribution in [2.75, 3.05) is 6.54 Å². The van der Waals surface area contributed by atoms with Crippen LogP contribution in [-0.4, -0.2) is 57.5 Å². The van der Waals surface area contributed by atoms with E-state index in [1.807, 2.05) is 35.8 Å². The Kier molecular flexibility index (Phi) is 9.17. The quantitative estimate of drug-likeness (QED) is 0.168. The van der Waals surface area contributed by atoms with Gasteiger partial charge in [-0.05, 0) is 74.6 Å². The molecular weight excluding hydrogens is 632 g/mol. The molecule has 1 saturated carbocycles. The molecule has 1 atom stereocenters. The van der Waals surface area contributed by atoms with Crippen molar-refractivity contribution in [3.63, 3.8) is 0 Å². The number of nitrogens with one attached hydrogen (secondary N) is 3. The fraction of sp³-hybridized carbons (Fsp3) is 0.343. The van der Waals surface area contributed by atoms with Gasteiger partial charge < -0.3 is 20.0 Å². The Bertz CT molecular complexity index is 2160. The molecule has 0 radical (unpaired) electrons. The number of carboxylic acids is 1. The smallest absolute Gasteiger partial charge is 0.323 e. The minimum absolute atomic E-state index is 0.00747. The third kappa shape index (κ3) is 6.74. The van der Waals surface area contributed by atoms with Gasteiger partial charge in [0.05, 0.1) is 15.9 Å². The monoisotopic (exact) mass is 670 g/mol. The van der Waals surface area contributed by atoms with E-state index in [0.717, 1.165) is 54.6 Å². The van der Waals surface area contributed by atoms with Crippen LogP contribution in [0.4, 0.5) is 0 Å². The number of hydrogen-bond acceptors (Lipinski definition) is 7. The molecule has 3 heterocycles. The third-order valence-electron chi connectivity index (χ3n) is 8.92. The molecule has 0 spiro atoms. The van der Waals surface area contributed by atoms with Crippen molar-refractivity contribution >= 4 is 44.0 Å². The van der Waals surface area contributed by atoms with Gasteiger partial charge in [0.25, 0.3) is 5.91 Å². The molecule has 6 rings (SSSR count). The van der Waals surface area contributed by atoms with Gasteiger partial charge >= 0.3 is 5.97 Å². The van der Waals surface area contributed by atoms with Crippen LogP contribution in [0.1, 0.15) is 76.6 Å².